The molecule has 2 heteroatoms. The predicted octanol–water partition coefficient (Wildman–Crippen LogP) is 5.96. The average Bonchev–Trinajstić information content (AvgIpc) is 2.41. The van der Waals surface area contributed by atoms with Crippen LogP contribution in [0.5, 0.6) is 0 Å². The van der Waals surface area contributed by atoms with E-state index in [1.54, 1.807) is 0 Å². The van der Waals surface area contributed by atoms with Gasteiger partial charge in [0, 0.05) is 10.4 Å². The van der Waals surface area contributed by atoms with E-state index in [0.29, 0.717) is 11.8 Å². The Labute approximate surface area is 124 Å². The molecule has 0 aliphatic heterocycles. The van der Waals surface area contributed by atoms with Gasteiger partial charge in [0.2, 0.25) is 0 Å². The zero-order valence-electron chi connectivity index (χ0n) is 10.9. The molecule has 2 rings (SSSR count). The summed E-state index contributed by atoms with van der Waals surface area (Å²) in [5, 5.41) is 0. The maximum absolute atomic E-state index is 6.14. The molecule has 1 aromatic rings. The molecule has 98 valence electrons. The molecule has 1 fully saturated rings. The highest BCUT2D eigenvalue weighted by atomic mass is 79.9. The third kappa shape index (κ3) is 3.61. The van der Waals surface area contributed by atoms with Gasteiger partial charge in [0.25, 0.3) is 0 Å². The summed E-state index contributed by atoms with van der Waals surface area (Å²) < 4.78 is 1.17. The van der Waals surface area contributed by atoms with Gasteiger partial charge in [-0.3, -0.25) is 0 Å². The minimum absolute atomic E-state index is 0.666. The summed E-state index contributed by atoms with van der Waals surface area (Å²) in [6.45, 7) is 2.13. The molecule has 0 saturated heterocycles. The van der Waals surface area contributed by atoms with E-state index in [2.05, 4.69) is 47.1 Å². The largest absolute Gasteiger partial charge is 0.122 e. The SMILES string of the molecule is Cc1cc(C=C(CCl)C2CCCCC2)ccc1Br. The number of aryl methyl sites for hydroxylation is 1. The van der Waals surface area contributed by atoms with Gasteiger partial charge in [0.05, 0.1) is 0 Å². The molecule has 0 nitrogen and oxygen atoms in total. The Kier molecular flexibility index (Phi) is 5.32. The van der Waals surface area contributed by atoms with E-state index in [1.807, 2.05) is 0 Å². The normalized spacial score (nSPS) is 18.1. The van der Waals surface area contributed by atoms with Crippen LogP contribution in [-0.2, 0) is 0 Å². The lowest BCUT2D eigenvalue weighted by atomic mass is 9.83. The van der Waals surface area contributed by atoms with E-state index in [0.717, 1.165) is 0 Å². The first kappa shape index (κ1) is 14.1. The van der Waals surface area contributed by atoms with Crippen molar-refractivity contribution in [2.75, 3.05) is 5.88 Å². The van der Waals surface area contributed by atoms with Gasteiger partial charge in [-0.15, -0.1) is 11.6 Å². The number of benzene rings is 1. The Bertz CT molecular complexity index is 431. The van der Waals surface area contributed by atoms with Crippen LogP contribution in [0, 0.1) is 12.8 Å². The lowest BCUT2D eigenvalue weighted by Crippen LogP contribution is -2.10. The second-order valence-electron chi connectivity index (χ2n) is 5.20. The van der Waals surface area contributed by atoms with Crippen molar-refractivity contribution in [3.63, 3.8) is 0 Å². The molecule has 0 aromatic heterocycles. The monoisotopic (exact) mass is 326 g/mol. The van der Waals surface area contributed by atoms with Crippen LogP contribution in [0.1, 0.15) is 43.2 Å². The topological polar surface area (TPSA) is 0 Å². The maximum atomic E-state index is 6.14. The second kappa shape index (κ2) is 6.77. The first-order chi connectivity index (χ1) is 8.70. The van der Waals surface area contributed by atoms with Crippen LogP contribution in [0.15, 0.2) is 28.2 Å². The molecule has 0 bridgehead atoms. The molecule has 0 heterocycles. The molecule has 18 heavy (non-hydrogen) atoms. The smallest absolute Gasteiger partial charge is 0.0439 e. The van der Waals surface area contributed by atoms with E-state index in [1.165, 1.54) is 53.3 Å². The van der Waals surface area contributed by atoms with Crippen LogP contribution in [0.3, 0.4) is 0 Å². The van der Waals surface area contributed by atoms with Crippen molar-refractivity contribution < 1.29 is 0 Å². The molecule has 0 amide bonds. The van der Waals surface area contributed by atoms with Crippen LogP contribution >= 0.6 is 27.5 Å². The van der Waals surface area contributed by atoms with Gasteiger partial charge in [-0.25, -0.2) is 0 Å². The van der Waals surface area contributed by atoms with Crippen molar-refractivity contribution >= 4 is 33.6 Å². The van der Waals surface area contributed by atoms with Gasteiger partial charge in [-0.05, 0) is 42.9 Å². The number of allylic oxidation sites excluding steroid dienone is 1. The third-order valence-corrected chi connectivity index (χ3v) is 5.02. The lowest BCUT2D eigenvalue weighted by molar-refractivity contribution is 0.405. The van der Waals surface area contributed by atoms with Crippen molar-refractivity contribution in [1.82, 2.24) is 0 Å². The molecule has 0 radical (unpaired) electrons. The zero-order chi connectivity index (χ0) is 13.0. The number of hydrogen-bond acceptors (Lipinski definition) is 0. The number of alkyl halides is 1. The Hall–Kier alpha value is -0.270. The summed E-state index contributed by atoms with van der Waals surface area (Å²) in [6, 6.07) is 6.50. The lowest BCUT2D eigenvalue weighted by Gasteiger charge is -2.23. The molecule has 0 unspecified atom stereocenters. The first-order valence-corrected chi connectivity index (χ1v) is 8.06. The van der Waals surface area contributed by atoms with Crippen molar-refractivity contribution in [2.45, 2.75) is 39.0 Å². The summed E-state index contributed by atoms with van der Waals surface area (Å²) in [5.74, 6) is 1.37. The van der Waals surface area contributed by atoms with Crippen molar-refractivity contribution in [3.8, 4) is 0 Å². The molecular formula is C16H20BrCl. The van der Waals surface area contributed by atoms with E-state index in [9.17, 15) is 0 Å². The Morgan fingerprint density at radius 3 is 2.67 bits per heavy atom. The van der Waals surface area contributed by atoms with Gasteiger partial charge in [0.1, 0.15) is 0 Å². The van der Waals surface area contributed by atoms with Gasteiger partial charge >= 0.3 is 0 Å². The first-order valence-electron chi connectivity index (χ1n) is 6.73. The maximum Gasteiger partial charge on any atom is 0.0439 e. The summed E-state index contributed by atoms with van der Waals surface area (Å²) in [5.41, 5.74) is 3.97. The molecule has 1 aromatic carbocycles. The number of hydrogen-bond donors (Lipinski definition) is 0. The van der Waals surface area contributed by atoms with Crippen molar-refractivity contribution in [1.29, 1.82) is 0 Å². The Balaban J connectivity index is 2.19. The van der Waals surface area contributed by atoms with Crippen LogP contribution < -0.4 is 0 Å². The fourth-order valence-corrected chi connectivity index (χ4v) is 3.25. The molecule has 1 aliphatic rings. The minimum Gasteiger partial charge on any atom is -0.122 e. The minimum atomic E-state index is 0.666. The fraction of sp³-hybridized carbons (Fsp3) is 0.500. The Morgan fingerprint density at radius 2 is 2.06 bits per heavy atom. The highest BCUT2D eigenvalue weighted by Gasteiger charge is 2.17. The molecule has 1 saturated carbocycles. The summed E-state index contributed by atoms with van der Waals surface area (Å²) in [4.78, 5) is 0. The van der Waals surface area contributed by atoms with Crippen molar-refractivity contribution in [3.05, 3.63) is 39.4 Å². The standard InChI is InChI=1S/C16H20BrCl/c1-12-9-13(7-8-16(12)17)10-15(11-18)14-5-3-2-4-6-14/h7-10,14H,2-6,11H2,1H3. The summed E-state index contributed by atoms with van der Waals surface area (Å²) in [7, 11) is 0. The average molecular weight is 328 g/mol. The van der Waals surface area contributed by atoms with Gasteiger partial charge < -0.3 is 0 Å². The second-order valence-corrected chi connectivity index (χ2v) is 6.32. The number of rotatable bonds is 3. The van der Waals surface area contributed by atoms with E-state index >= 15 is 0 Å². The molecule has 0 N–H and O–H groups in total. The zero-order valence-corrected chi connectivity index (χ0v) is 13.2. The van der Waals surface area contributed by atoms with Gasteiger partial charge in [0.15, 0.2) is 0 Å². The molecule has 1 aliphatic carbocycles. The number of halogens is 2. The molecule has 0 spiro atoms. The highest BCUT2D eigenvalue weighted by molar-refractivity contribution is 9.10. The third-order valence-electron chi connectivity index (χ3n) is 3.82. The van der Waals surface area contributed by atoms with Crippen molar-refractivity contribution in [2.24, 2.45) is 5.92 Å². The predicted molar refractivity (Wildman–Crippen MR) is 84.2 cm³/mol. The fourth-order valence-electron chi connectivity index (χ4n) is 2.71. The van der Waals surface area contributed by atoms with E-state index < -0.39 is 0 Å². The van der Waals surface area contributed by atoms with E-state index in [4.69, 9.17) is 11.6 Å². The van der Waals surface area contributed by atoms with E-state index in [-0.39, 0.29) is 0 Å². The summed E-state index contributed by atoms with van der Waals surface area (Å²) in [6.07, 6.45) is 9.03. The van der Waals surface area contributed by atoms with Gasteiger partial charge in [-0.1, -0.05) is 59.0 Å². The molecular weight excluding hydrogens is 308 g/mol. The van der Waals surface area contributed by atoms with Crippen LogP contribution in [0.25, 0.3) is 6.08 Å². The van der Waals surface area contributed by atoms with Gasteiger partial charge in [-0.2, -0.15) is 0 Å². The van der Waals surface area contributed by atoms with Crippen LogP contribution in [-0.4, -0.2) is 5.88 Å². The van der Waals surface area contributed by atoms with Crippen LogP contribution in [0.2, 0.25) is 0 Å². The van der Waals surface area contributed by atoms with Crippen LogP contribution in [0.4, 0.5) is 0 Å². The quantitative estimate of drug-likeness (QED) is 0.601. The summed E-state index contributed by atoms with van der Waals surface area (Å²) >= 11 is 9.69. The molecule has 0 atom stereocenters. The Morgan fingerprint density at radius 1 is 1.33 bits per heavy atom. The highest BCUT2D eigenvalue weighted by Crippen LogP contribution is 2.31.